The Labute approximate surface area is 205 Å². The first-order valence-corrected chi connectivity index (χ1v) is 12.5. The zero-order valence-corrected chi connectivity index (χ0v) is 19.8. The molecule has 2 amide bonds. The molecular weight excluding hydrogens is 444 g/mol. The van der Waals surface area contributed by atoms with Gasteiger partial charge in [-0.05, 0) is 47.9 Å². The number of benzene rings is 2. The second kappa shape index (κ2) is 9.36. The lowest BCUT2D eigenvalue weighted by atomic mass is 9.73. The highest BCUT2D eigenvalue weighted by atomic mass is 16.5. The fourth-order valence-corrected chi connectivity index (χ4v) is 5.76. The third-order valence-corrected chi connectivity index (χ3v) is 7.93. The van der Waals surface area contributed by atoms with E-state index >= 15 is 0 Å². The van der Waals surface area contributed by atoms with Crippen molar-refractivity contribution in [3.63, 3.8) is 0 Å². The van der Waals surface area contributed by atoms with E-state index < -0.39 is 23.0 Å². The first kappa shape index (κ1) is 23.4. The molecule has 0 bridgehead atoms. The maximum atomic E-state index is 13.3. The van der Waals surface area contributed by atoms with Gasteiger partial charge in [0, 0.05) is 12.5 Å². The number of hydrogen-bond donors (Lipinski definition) is 3. The molecule has 35 heavy (non-hydrogen) atoms. The normalized spacial score (nSPS) is 19.2. The van der Waals surface area contributed by atoms with Crippen LogP contribution in [-0.2, 0) is 14.3 Å². The average molecular weight is 477 g/mol. The summed E-state index contributed by atoms with van der Waals surface area (Å²) in [7, 11) is 0. The molecule has 2 saturated carbocycles. The zero-order chi connectivity index (χ0) is 24.5. The number of fused-ring (bicyclic) bond motifs is 3. The average Bonchev–Trinajstić information content (AvgIpc) is 3.53. The van der Waals surface area contributed by atoms with Crippen LogP contribution in [-0.4, -0.2) is 41.8 Å². The quantitative estimate of drug-likeness (QED) is 0.517. The topological polar surface area (TPSA) is 105 Å². The van der Waals surface area contributed by atoms with Crippen molar-refractivity contribution in [2.45, 2.75) is 62.8 Å². The van der Waals surface area contributed by atoms with Crippen molar-refractivity contribution in [3.8, 4) is 11.1 Å². The van der Waals surface area contributed by atoms with Gasteiger partial charge in [-0.1, -0.05) is 67.8 Å². The third kappa shape index (κ3) is 4.77. The number of nitrogens with one attached hydrogen (secondary N) is 2. The highest BCUT2D eigenvalue weighted by Gasteiger charge is 2.50. The van der Waals surface area contributed by atoms with Crippen LogP contribution in [0, 0.1) is 5.41 Å². The fraction of sp³-hybridized carbons (Fsp3) is 0.464. The van der Waals surface area contributed by atoms with E-state index in [2.05, 4.69) is 34.9 Å². The Morgan fingerprint density at radius 2 is 1.49 bits per heavy atom. The number of carbonyl (C=O) groups is 3. The minimum Gasteiger partial charge on any atom is -0.481 e. The number of amides is 2. The van der Waals surface area contributed by atoms with Gasteiger partial charge in [-0.15, -0.1) is 0 Å². The summed E-state index contributed by atoms with van der Waals surface area (Å²) in [5.74, 6) is -1.07. The Hall–Kier alpha value is -3.35. The molecule has 0 aromatic heterocycles. The lowest BCUT2D eigenvalue weighted by Crippen LogP contribution is -2.53. The van der Waals surface area contributed by atoms with Gasteiger partial charge in [0.15, 0.2) is 0 Å². The summed E-state index contributed by atoms with van der Waals surface area (Å²) in [5, 5.41) is 15.1. The summed E-state index contributed by atoms with van der Waals surface area (Å²) >= 11 is 0. The van der Waals surface area contributed by atoms with E-state index in [1.54, 1.807) is 0 Å². The fourth-order valence-electron chi connectivity index (χ4n) is 5.76. The van der Waals surface area contributed by atoms with Crippen molar-refractivity contribution in [1.82, 2.24) is 10.6 Å². The zero-order valence-electron chi connectivity index (χ0n) is 19.8. The number of carboxylic acids is 1. The maximum absolute atomic E-state index is 13.3. The van der Waals surface area contributed by atoms with Crippen molar-refractivity contribution < 1.29 is 24.2 Å². The van der Waals surface area contributed by atoms with Crippen molar-refractivity contribution >= 4 is 18.0 Å². The minimum absolute atomic E-state index is 0.0224. The van der Waals surface area contributed by atoms with E-state index in [9.17, 15) is 19.5 Å². The molecule has 184 valence electrons. The van der Waals surface area contributed by atoms with Crippen LogP contribution in [0.15, 0.2) is 48.5 Å². The van der Waals surface area contributed by atoms with Gasteiger partial charge in [0.1, 0.15) is 6.61 Å². The van der Waals surface area contributed by atoms with Gasteiger partial charge >= 0.3 is 12.1 Å². The second-order valence-corrected chi connectivity index (χ2v) is 10.3. The molecule has 0 heterocycles. The molecule has 0 unspecified atom stereocenters. The number of hydrogen-bond acceptors (Lipinski definition) is 4. The van der Waals surface area contributed by atoms with Gasteiger partial charge in [-0.25, -0.2) is 4.79 Å². The number of rotatable bonds is 8. The van der Waals surface area contributed by atoms with E-state index in [1.807, 2.05) is 24.3 Å². The Morgan fingerprint density at radius 3 is 2.06 bits per heavy atom. The van der Waals surface area contributed by atoms with Crippen molar-refractivity contribution in [1.29, 1.82) is 0 Å². The smallest absolute Gasteiger partial charge is 0.407 e. The molecule has 0 spiro atoms. The molecule has 3 N–H and O–H groups in total. The van der Waals surface area contributed by atoms with Crippen LogP contribution < -0.4 is 10.6 Å². The lowest BCUT2D eigenvalue weighted by molar-refractivity contribution is -0.139. The van der Waals surface area contributed by atoms with E-state index in [0.29, 0.717) is 25.7 Å². The Balaban J connectivity index is 1.22. The maximum Gasteiger partial charge on any atom is 0.407 e. The highest BCUT2D eigenvalue weighted by molar-refractivity contribution is 5.85. The SMILES string of the molecule is O=C(O)CC1(NC(=O)C2(CNC(=O)OCC3c4ccccc4-c4ccccc43)CCCCC2)CC1. The van der Waals surface area contributed by atoms with Crippen LogP contribution in [0.25, 0.3) is 11.1 Å². The monoisotopic (exact) mass is 476 g/mol. The third-order valence-electron chi connectivity index (χ3n) is 7.93. The number of carboxylic acid groups (broad SMARTS) is 1. The Bertz CT molecular complexity index is 1090. The van der Waals surface area contributed by atoms with Crippen LogP contribution in [0.1, 0.15) is 68.4 Å². The molecule has 7 nitrogen and oxygen atoms in total. The molecule has 3 aliphatic carbocycles. The van der Waals surface area contributed by atoms with Gasteiger partial charge in [0.05, 0.1) is 17.4 Å². The van der Waals surface area contributed by atoms with Crippen molar-refractivity contribution in [3.05, 3.63) is 59.7 Å². The predicted octanol–water partition coefficient (Wildman–Crippen LogP) is 4.60. The molecule has 0 saturated heterocycles. The number of alkyl carbamates (subject to hydrolysis) is 1. The first-order chi connectivity index (χ1) is 16.9. The number of carbonyl (C=O) groups excluding carboxylic acids is 2. The van der Waals surface area contributed by atoms with Gasteiger partial charge in [-0.3, -0.25) is 9.59 Å². The van der Waals surface area contributed by atoms with Crippen LogP contribution in [0.2, 0.25) is 0 Å². The summed E-state index contributed by atoms with van der Waals surface area (Å²) < 4.78 is 5.66. The predicted molar refractivity (Wildman–Crippen MR) is 131 cm³/mol. The molecule has 2 aromatic rings. The van der Waals surface area contributed by atoms with Crippen LogP contribution in [0.5, 0.6) is 0 Å². The molecule has 0 aliphatic heterocycles. The minimum atomic E-state index is -0.905. The highest BCUT2D eigenvalue weighted by Crippen LogP contribution is 2.45. The molecule has 3 aliphatic rings. The molecular formula is C28H32N2O5. The van der Waals surface area contributed by atoms with E-state index in [1.165, 1.54) is 11.1 Å². The summed E-state index contributed by atoms with van der Waals surface area (Å²) in [6, 6.07) is 16.4. The van der Waals surface area contributed by atoms with Crippen molar-refractivity contribution in [2.75, 3.05) is 13.2 Å². The molecule has 2 aromatic carbocycles. The van der Waals surface area contributed by atoms with E-state index in [4.69, 9.17) is 4.74 Å². The summed E-state index contributed by atoms with van der Waals surface area (Å²) in [4.78, 5) is 37.3. The van der Waals surface area contributed by atoms with Crippen molar-refractivity contribution in [2.24, 2.45) is 5.41 Å². The number of ether oxygens (including phenoxy) is 1. The first-order valence-electron chi connectivity index (χ1n) is 12.5. The Kier molecular flexibility index (Phi) is 6.26. The summed E-state index contributed by atoms with van der Waals surface area (Å²) in [6.07, 6.45) is 4.99. The van der Waals surface area contributed by atoms with Crippen LogP contribution in [0.3, 0.4) is 0 Å². The largest absolute Gasteiger partial charge is 0.481 e. The van der Waals surface area contributed by atoms with Gasteiger partial charge in [-0.2, -0.15) is 0 Å². The molecule has 0 atom stereocenters. The Morgan fingerprint density at radius 1 is 0.886 bits per heavy atom. The van der Waals surface area contributed by atoms with Crippen LogP contribution in [0.4, 0.5) is 4.79 Å². The molecule has 5 rings (SSSR count). The standard InChI is InChI=1S/C28H32N2O5/c31-24(32)16-28(14-15-28)30-25(33)27(12-6-1-7-13-27)18-29-26(34)35-17-23-21-10-4-2-8-19(21)20-9-3-5-11-22(20)23/h2-5,8-11,23H,1,6-7,12-18H2,(H,29,34)(H,30,33)(H,31,32). The second-order valence-electron chi connectivity index (χ2n) is 10.3. The van der Waals surface area contributed by atoms with E-state index in [-0.39, 0.29) is 31.4 Å². The summed E-state index contributed by atoms with van der Waals surface area (Å²) in [6.45, 7) is 0.416. The van der Waals surface area contributed by atoms with Gasteiger partial charge in [0.2, 0.25) is 5.91 Å². The van der Waals surface area contributed by atoms with E-state index in [0.717, 1.165) is 30.4 Å². The molecule has 2 fully saturated rings. The molecule has 0 radical (unpaired) electrons. The molecule has 7 heteroatoms. The lowest BCUT2D eigenvalue weighted by Gasteiger charge is -2.37. The van der Waals surface area contributed by atoms with Gasteiger partial charge < -0.3 is 20.5 Å². The van der Waals surface area contributed by atoms with Gasteiger partial charge in [0.25, 0.3) is 0 Å². The van der Waals surface area contributed by atoms with Crippen LogP contribution >= 0.6 is 0 Å². The summed E-state index contributed by atoms with van der Waals surface area (Å²) in [5.41, 5.74) is 3.29. The number of aliphatic carboxylic acids is 1.